The van der Waals surface area contributed by atoms with E-state index in [4.69, 9.17) is 30.5 Å². The zero-order valence-electron chi connectivity index (χ0n) is 34.2. The lowest BCUT2D eigenvalue weighted by atomic mass is 9.35. The highest BCUT2D eigenvalue weighted by atomic mass is 35.5. The third-order valence-corrected chi connectivity index (χ3v) is 12.0. The summed E-state index contributed by atoms with van der Waals surface area (Å²) in [5.41, 5.74) is -0.402. The first kappa shape index (κ1) is 44.9. The fraction of sp³-hybridized carbons (Fsp3) is 0.625. The lowest BCUT2D eigenvalue weighted by molar-refractivity contribution is -0.163. The highest BCUT2D eigenvalue weighted by molar-refractivity contribution is 7.16. The molecule has 1 aromatic carbocycles. The monoisotopic (exact) mass is 795 g/mol. The predicted octanol–water partition coefficient (Wildman–Crippen LogP) is 4.70. The van der Waals surface area contributed by atoms with Crippen molar-refractivity contribution in [1.29, 1.82) is 0 Å². The van der Waals surface area contributed by atoms with Crippen LogP contribution in [-0.2, 0) is 39.8 Å². The predicted molar refractivity (Wildman–Crippen MR) is 215 cm³/mol. The minimum absolute atomic E-state index is 0.0129. The van der Waals surface area contributed by atoms with Crippen LogP contribution in [-0.4, -0.2) is 112 Å². The Morgan fingerprint density at radius 1 is 1.18 bits per heavy atom. The van der Waals surface area contributed by atoms with Gasteiger partial charge in [-0.3, -0.25) is 14.9 Å². The van der Waals surface area contributed by atoms with E-state index in [9.17, 15) is 29.1 Å². The number of halogens is 1. The highest BCUT2D eigenvalue weighted by Crippen LogP contribution is 2.61. The summed E-state index contributed by atoms with van der Waals surface area (Å²) < 4.78 is 23.2. The average Bonchev–Trinajstić information content (AvgIpc) is 3.84. The van der Waals surface area contributed by atoms with E-state index in [1.54, 1.807) is 53.2 Å². The molecule has 1 saturated carbocycles. The van der Waals surface area contributed by atoms with E-state index >= 15 is 0 Å². The first-order chi connectivity index (χ1) is 26.3. The van der Waals surface area contributed by atoms with E-state index in [1.807, 2.05) is 32.9 Å². The van der Waals surface area contributed by atoms with Gasteiger partial charge in [-0.2, -0.15) is 0 Å². The van der Waals surface area contributed by atoms with Crippen molar-refractivity contribution in [2.24, 2.45) is 23.2 Å². The number of amides is 3. The summed E-state index contributed by atoms with van der Waals surface area (Å²) in [5, 5.41) is 14.6. The number of rotatable bonds is 11. The maximum atomic E-state index is 14.2. The molecule has 8 atom stereocenters. The lowest BCUT2D eigenvalue weighted by Crippen LogP contribution is -2.63. The highest BCUT2D eigenvalue weighted by Gasteiger charge is 2.62. The zero-order valence-corrected chi connectivity index (χ0v) is 35.0. The van der Waals surface area contributed by atoms with Gasteiger partial charge in [-0.25, -0.2) is 9.59 Å². The number of alkyl carbamates (subject to hydrolysis) is 1. The lowest BCUT2D eigenvalue weighted by Gasteiger charge is -2.42. The molecule has 0 aromatic heterocycles. The van der Waals surface area contributed by atoms with E-state index in [0.29, 0.717) is 30.6 Å². The molecule has 3 aliphatic rings. The number of ether oxygens (including phenoxy) is 4. The van der Waals surface area contributed by atoms with Crippen LogP contribution in [0, 0.1) is 23.2 Å². The summed E-state index contributed by atoms with van der Waals surface area (Å²) in [5.74, 6) is -1.66. The van der Waals surface area contributed by atoms with Crippen molar-refractivity contribution >= 4 is 61.2 Å². The minimum atomic E-state index is -1.79. The molecule has 304 valence electrons. The summed E-state index contributed by atoms with van der Waals surface area (Å²) >= 11 is 6.79. The molecule has 4 bridgehead atoms. The van der Waals surface area contributed by atoms with E-state index in [-0.39, 0.29) is 59.5 Å². The Balaban J connectivity index is 1.67. The van der Waals surface area contributed by atoms with Crippen molar-refractivity contribution < 1.29 is 48.0 Å². The quantitative estimate of drug-likeness (QED) is 0.183. The topological polar surface area (TPSA) is 161 Å². The number of nitrogens with one attached hydrogen (secondary N) is 1. The Hall–Kier alpha value is -3.81. The first-order valence-corrected chi connectivity index (χ1v) is 19.5. The maximum absolute atomic E-state index is 14.2. The molecule has 4 rings (SSSR count). The largest absolute Gasteiger partial charge is 0.495 e. The Bertz CT molecular complexity index is 1720. The molecule has 13 nitrogen and oxygen atoms in total. The molecule has 56 heavy (non-hydrogen) atoms. The molecule has 1 saturated heterocycles. The molecule has 0 unspecified atom stereocenters. The summed E-state index contributed by atoms with van der Waals surface area (Å²) in [4.78, 5) is 68.7. The van der Waals surface area contributed by atoms with Gasteiger partial charge in [0.15, 0.2) is 12.9 Å². The molecule has 2 fully saturated rings. The Morgan fingerprint density at radius 3 is 2.52 bits per heavy atom. The Labute approximate surface area is 337 Å². The first-order valence-electron chi connectivity index (χ1n) is 19.1. The van der Waals surface area contributed by atoms with Gasteiger partial charge in [-0.1, -0.05) is 69.4 Å². The molecule has 1 aliphatic carbocycles. The van der Waals surface area contributed by atoms with Crippen molar-refractivity contribution in [2.45, 2.75) is 110 Å². The van der Waals surface area contributed by atoms with Crippen molar-refractivity contribution in [2.75, 3.05) is 33.2 Å². The number of carbonyl (C=O) groups is 5. The van der Waals surface area contributed by atoms with Gasteiger partial charge in [0.2, 0.25) is 11.8 Å². The number of allylic oxidation sites excluding steroid dienone is 3. The van der Waals surface area contributed by atoms with E-state index < -0.39 is 47.6 Å². The molecule has 2 heterocycles. The van der Waals surface area contributed by atoms with Crippen LogP contribution in [0.4, 0.5) is 10.5 Å². The van der Waals surface area contributed by atoms with Crippen LogP contribution in [0.15, 0.2) is 35.9 Å². The molecule has 2 radical (unpaired) electrons. The van der Waals surface area contributed by atoms with Gasteiger partial charge in [0.25, 0.3) is 0 Å². The third kappa shape index (κ3) is 10.4. The fourth-order valence-electron chi connectivity index (χ4n) is 7.55. The van der Waals surface area contributed by atoms with Crippen LogP contribution in [0.5, 0.6) is 5.75 Å². The van der Waals surface area contributed by atoms with Crippen molar-refractivity contribution in [1.82, 2.24) is 10.2 Å². The Morgan fingerprint density at radius 2 is 1.88 bits per heavy atom. The van der Waals surface area contributed by atoms with Gasteiger partial charge in [0, 0.05) is 45.4 Å². The molecular weight excluding hydrogens is 740 g/mol. The molecule has 16 heteroatoms. The summed E-state index contributed by atoms with van der Waals surface area (Å²) in [7, 11) is 9.18. The molecule has 2 aliphatic heterocycles. The number of aliphatic hydroxyl groups is 1. The van der Waals surface area contributed by atoms with Crippen molar-refractivity contribution in [3.8, 4) is 5.75 Å². The summed E-state index contributed by atoms with van der Waals surface area (Å²) in [6.07, 6.45) is 3.11. The molecule has 0 spiro atoms. The minimum Gasteiger partial charge on any atom is -0.495 e. The van der Waals surface area contributed by atoms with Crippen LogP contribution in [0.2, 0.25) is 11.3 Å². The normalized spacial score (nSPS) is 30.1. The standard InChI is InChI=1S/C40H56B2ClN3O10/c1-22(2)36(49)42-41-15-14-33(47)45(7)25(5)37(50)56-32-19-34(48)46(8)28-17-26(18-29(53-9)35(28)43)16-23(3)12-11-13-31(54-10)40(52)21-30(55-38(51)44-40)24(4)27-20-39(27,32)6/h11-13,17-18,22,24-25,27,30-32,52H,14-16,19-21H2,1-10H3,(H,44,51)/b13-11+,23-12+/t24-,25-,27-,30-,31+,32-,39-,40-/m0/s1. The number of esters is 1. The number of fused-ring (bicyclic) bond motifs is 5. The van der Waals surface area contributed by atoms with Crippen molar-refractivity contribution in [3.63, 3.8) is 0 Å². The third-order valence-electron chi connectivity index (χ3n) is 11.6. The van der Waals surface area contributed by atoms with Gasteiger partial charge in [0.1, 0.15) is 35.1 Å². The maximum Gasteiger partial charge on any atom is 0.409 e. The molecule has 2 N–H and O–H groups in total. The number of nitrogens with zero attached hydrogens (tertiary/aromatic N) is 2. The van der Waals surface area contributed by atoms with Gasteiger partial charge < -0.3 is 38.6 Å². The molecule has 3 amide bonds. The molecular formula is C40H56B2ClN3O10. The van der Waals surface area contributed by atoms with E-state index in [2.05, 4.69) is 5.32 Å². The number of methoxy groups -OCH3 is 2. The van der Waals surface area contributed by atoms with E-state index in [0.717, 1.165) is 11.1 Å². The number of benzene rings is 1. The van der Waals surface area contributed by atoms with Crippen LogP contribution in [0.3, 0.4) is 0 Å². The molecule has 1 aromatic rings. The number of hydrogen-bond donors (Lipinski definition) is 2. The van der Waals surface area contributed by atoms with Gasteiger partial charge >= 0.3 is 12.1 Å². The second kappa shape index (κ2) is 18.6. The smallest absolute Gasteiger partial charge is 0.409 e. The SMILES string of the molecule is COc1cc2cc(c1Cl)N(C)C(=O)C[C@H](OC(=O)[C@H](C)N(C)C(=O)CC[B][B]C(=O)C(C)C)[C@@]1(C)C[C@H]1[C@H](C)[C@@H]1C[C@@](O)(NC(=O)O1)[C@H](OC)/C=C/C=C(\C)C2. The number of carbonyl (C=O) groups excluding carboxylic acids is 5. The number of hydrogen-bond acceptors (Lipinski definition) is 10. The van der Waals surface area contributed by atoms with Gasteiger partial charge in [-0.15, -0.1) is 0 Å². The van der Waals surface area contributed by atoms with Gasteiger partial charge in [-0.05, 0) is 56.2 Å². The second-order valence-electron chi connectivity index (χ2n) is 16.0. The van der Waals surface area contributed by atoms with Crippen LogP contribution < -0.4 is 15.0 Å². The summed E-state index contributed by atoms with van der Waals surface area (Å²) in [6, 6.07) is 2.63. The number of likely N-dealkylation sites (N-methyl/N-ethyl adjacent to an activating group) is 1. The van der Waals surface area contributed by atoms with Crippen LogP contribution in [0.1, 0.15) is 72.8 Å². The van der Waals surface area contributed by atoms with Crippen molar-refractivity contribution in [3.05, 3.63) is 46.5 Å². The second-order valence-corrected chi connectivity index (χ2v) is 16.4. The fourth-order valence-corrected chi connectivity index (χ4v) is 7.86. The van der Waals surface area contributed by atoms with E-state index in [1.165, 1.54) is 38.2 Å². The van der Waals surface area contributed by atoms with Crippen LogP contribution >= 0.6 is 11.6 Å². The van der Waals surface area contributed by atoms with Crippen LogP contribution in [0.25, 0.3) is 0 Å². The van der Waals surface area contributed by atoms with Gasteiger partial charge in [0.05, 0.1) is 32.1 Å². The average molecular weight is 796 g/mol. The zero-order chi connectivity index (χ0) is 41.7. The number of anilines is 1. The summed E-state index contributed by atoms with van der Waals surface area (Å²) in [6.45, 7) is 10.9. The Kier molecular flexibility index (Phi) is 14.9.